The van der Waals surface area contributed by atoms with Gasteiger partial charge in [-0.3, -0.25) is 14.4 Å². The predicted octanol–water partition coefficient (Wildman–Crippen LogP) is 15.5. The van der Waals surface area contributed by atoms with Crippen LogP contribution >= 0.6 is 35.3 Å². The molecule has 0 rings (SSSR count). The monoisotopic (exact) mass is 959 g/mol. The second-order valence-corrected chi connectivity index (χ2v) is 21.6. The largest absolute Gasteiger partial charge is 0.465 e. The second-order valence-electron chi connectivity index (χ2n) is 17.9. The molecule has 0 heterocycles. The highest BCUT2D eigenvalue weighted by Gasteiger charge is 2.38. The number of ether oxygens (including phenoxy) is 4. The molecule has 0 aliphatic rings. The Kier molecular flexibility index (Phi) is 48.5. The van der Waals surface area contributed by atoms with E-state index in [1.807, 2.05) is 0 Å². The molecule has 0 atom stereocenters. The van der Waals surface area contributed by atoms with Crippen molar-refractivity contribution in [3.8, 4) is 0 Å². The Hall–Kier alpha value is -1.33. The fourth-order valence-corrected chi connectivity index (χ4v) is 10.1. The highest BCUT2D eigenvalue weighted by atomic mass is 32.2. The Bertz CT molecular complexity index is 978. The molecule has 0 radical (unpaired) electrons. The SMILES string of the molecule is C=CC(=O)OCC(COC(=O)CCSCCCCCCCCCCCC)(COC(=O)CCSCCCCCCCCCCCC)COC(=O)CCSCCCCCCCCCCCC. The summed E-state index contributed by atoms with van der Waals surface area (Å²) < 4.78 is 22.7. The molecule has 0 fully saturated rings. The third-order valence-electron chi connectivity index (χ3n) is 11.6. The molecular weight excluding hydrogens is 861 g/mol. The maximum Gasteiger partial charge on any atom is 0.330 e. The number of thioether (sulfide) groups is 3. The van der Waals surface area contributed by atoms with Crippen LogP contribution in [0.2, 0.25) is 0 Å². The third kappa shape index (κ3) is 44.5. The van der Waals surface area contributed by atoms with E-state index in [9.17, 15) is 19.2 Å². The van der Waals surface area contributed by atoms with Crippen LogP contribution in [-0.4, -0.2) is 84.8 Å². The van der Waals surface area contributed by atoms with Crippen LogP contribution in [0.15, 0.2) is 12.7 Å². The summed E-state index contributed by atoms with van der Waals surface area (Å²) in [5, 5.41) is 0. The second kappa shape index (κ2) is 49.6. The number of carbonyl (C=O) groups excluding carboxylic acids is 4. The zero-order valence-corrected chi connectivity index (χ0v) is 44.1. The van der Waals surface area contributed by atoms with Crippen LogP contribution in [0.5, 0.6) is 0 Å². The van der Waals surface area contributed by atoms with Crippen molar-refractivity contribution in [2.75, 3.05) is 60.9 Å². The van der Waals surface area contributed by atoms with Gasteiger partial charge in [0.05, 0.1) is 19.3 Å². The lowest BCUT2D eigenvalue weighted by atomic mass is 9.92. The first kappa shape index (κ1) is 62.7. The first-order chi connectivity index (χ1) is 31.3. The Morgan fingerprint density at radius 2 is 0.594 bits per heavy atom. The van der Waals surface area contributed by atoms with Gasteiger partial charge in [0.15, 0.2) is 0 Å². The van der Waals surface area contributed by atoms with Crippen molar-refractivity contribution >= 4 is 59.2 Å². The van der Waals surface area contributed by atoms with Gasteiger partial charge in [0.1, 0.15) is 31.8 Å². The molecule has 11 heteroatoms. The van der Waals surface area contributed by atoms with E-state index in [2.05, 4.69) is 27.4 Å². The minimum atomic E-state index is -1.25. The molecule has 0 saturated heterocycles. The van der Waals surface area contributed by atoms with Gasteiger partial charge >= 0.3 is 23.9 Å². The molecule has 0 aromatic rings. The average Bonchev–Trinajstić information content (AvgIpc) is 3.30. The van der Waals surface area contributed by atoms with Crippen LogP contribution in [0, 0.1) is 5.41 Å². The van der Waals surface area contributed by atoms with E-state index < -0.39 is 11.4 Å². The predicted molar refractivity (Wildman–Crippen MR) is 278 cm³/mol. The molecule has 0 bridgehead atoms. The third-order valence-corrected chi connectivity index (χ3v) is 14.8. The van der Waals surface area contributed by atoms with E-state index >= 15 is 0 Å². The highest BCUT2D eigenvalue weighted by Crippen LogP contribution is 2.24. The summed E-state index contributed by atoms with van der Waals surface area (Å²) in [6, 6.07) is 0. The van der Waals surface area contributed by atoms with Gasteiger partial charge in [-0.25, -0.2) is 4.79 Å². The molecule has 0 unspecified atom stereocenters. The molecule has 0 aromatic heterocycles. The van der Waals surface area contributed by atoms with Crippen LogP contribution in [0.3, 0.4) is 0 Å². The number of unbranched alkanes of at least 4 members (excludes halogenated alkanes) is 27. The molecule has 0 aliphatic carbocycles. The van der Waals surface area contributed by atoms with Crippen LogP contribution < -0.4 is 0 Å². The Balaban J connectivity index is 4.97. The summed E-state index contributed by atoms with van der Waals surface area (Å²) in [5.74, 6) is 3.12. The van der Waals surface area contributed by atoms with E-state index in [0.29, 0.717) is 17.3 Å². The fourth-order valence-electron chi connectivity index (χ4n) is 7.30. The summed E-state index contributed by atoms with van der Waals surface area (Å²) >= 11 is 5.26. The maximum absolute atomic E-state index is 13.0. The van der Waals surface area contributed by atoms with Crippen molar-refractivity contribution in [3.63, 3.8) is 0 Å². The first-order valence-corrected chi connectivity index (χ1v) is 29.8. The molecule has 0 aliphatic heterocycles. The summed E-state index contributed by atoms with van der Waals surface area (Å²) in [6.07, 6.45) is 40.6. The van der Waals surface area contributed by atoms with E-state index in [4.69, 9.17) is 18.9 Å². The zero-order chi connectivity index (χ0) is 46.9. The molecule has 0 saturated carbocycles. The van der Waals surface area contributed by atoms with E-state index in [-0.39, 0.29) is 63.6 Å². The fraction of sp³-hybridized carbons (Fsp3) is 0.887. The number of carbonyl (C=O) groups is 4. The number of hydrogen-bond donors (Lipinski definition) is 0. The normalized spacial score (nSPS) is 11.4. The summed E-state index contributed by atoms with van der Waals surface area (Å²) in [6.45, 7) is 9.33. The Morgan fingerprint density at radius 1 is 0.359 bits per heavy atom. The molecule has 0 aromatic carbocycles. The Labute approximate surface area is 406 Å². The molecule has 0 spiro atoms. The van der Waals surface area contributed by atoms with E-state index in [1.54, 1.807) is 35.3 Å². The van der Waals surface area contributed by atoms with Crippen molar-refractivity contribution in [2.45, 2.75) is 233 Å². The van der Waals surface area contributed by atoms with Crippen molar-refractivity contribution in [3.05, 3.63) is 12.7 Å². The molecule has 64 heavy (non-hydrogen) atoms. The molecular formula is C53H98O8S3. The van der Waals surface area contributed by atoms with Crippen LogP contribution in [0.4, 0.5) is 0 Å². The quantitative estimate of drug-likeness (QED) is 0.0252. The number of hydrogen-bond acceptors (Lipinski definition) is 11. The summed E-state index contributed by atoms with van der Waals surface area (Å²) in [5.41, 5.74) is -1.25. The van der Waals surface area contributed by atoms with Gasteiger partial charge in [0.25, 0.3) is 0 Å². The van der Waals surface area contributed by atoms with Gasteiger partial charge in [-0.1, -0.05) is 201 Å². The number of rotatable bonds is 51. The minimum Gasteiger partial charge on any atom is -0.465 e. The van der Waals surface area contributed by atoms with Gasteiger partial charge in [-0.05, 0) is 36.5 Å². The standard InChI is InChI=1S/C53H98O8S3/c1-5-9-12-15-18-21-24-27-30-33-39-62-42-36-50(55)59-46-53(45-58-49(54)8-4,47-60-51(56)37-43-63-40-34-31-28-25-22-19-16-13-10-6-2)48-61-52(57)38-44-64-41-35-32-29-26-23-20-17-14-11-7-3/h8H,4-7,9-48H2,1-3H3. The van der Waals surface area contributed by atoms with E-state index in [1.165, 1.54) is 173 Å². The first-order valence-electron chi connectivity index (χ1n) is 26.3. The molecule has 8 nitrogen and oxygen atoms in total. The Morgan fingerprint density at radius 3 is 0.844 bits per heavy atom. The van der Waals surface area contributed by atoms with Crippen molar-refractivity contribution in [1.29, 1.82) is 0 Å². The smallest absolute Gasteiger partial charge is 0.330 e. The van der Waals surface area contributed by atoms with Gasteiger partial charge in [0.2, 0.25) is 0 Å². The zero-order valence-electron chi connectivity index (χ0n) is 41.7. The van der Waals surface area contributed by atoms with Crippen molar-refractivity contribution in [2.24, 2.45) is 5.41 Å². The van der Waals surface area contributed by atoms with Gasteiger partial charge < -0.3 is 18.9 Å². The average molecular weight is 960 g/mol. The highest BCUT2D eigenvalue weighted by molar-refractivity contribution is 7.99. The summed E-state index contributed by atoms with van der Waals surface area (Å²) in [7, 11) is 0. The maximum atomic E-state index is 13.0. The van der Waals surface area contributed by atoms with E-state index in [0.717, 1.165) is 42.6 Å². The van der Waals surface area contributed by atoms with Crippen molar-refractivity contribution < 1.29 is 38.1 Å². The number of esters is 4. The van der Waals surface area contributed by atoms with Crippen LogP contribution in [-0.2, 0) is 38.1 Å². The lowest BCUT2D eigenvalue weighted by Crippen LogP contribution is -2.44. The molecule has 0 amide bonds. The lowest BCUT2D eigenvalue weighted by Gasteiger charge is -2.31. The van der Waals surface area contributed by atoms with Crippen LogP contribution in [0.25, 0.3) is 0 Å². The van der Waals surface area contributed by atoms with Crippen LogP contribution in [0.1, 0.15) is 233 Å². The lowest BCUT2D eigenvalue weighted by molar-refractivity contribution is -0.168. The van der Waals surface area contributed by atoms with Crippen molar-refractivity contribution in [1.82, 2.24) is 0 Å². The van der Waals surface area contributed by atoms with Gasteiger partial charge in [-0.2, -0.15) is 35.3 Å². The topological polar surface area (TPSA) is 105 Å². The minimum absolute atomic E-state index is 0.221. The van der Waals surface area contributed by atoms with Gasteiger partial charge in [0, 0.05) is 23.3 Å². The molecule has 0 N–H and O–H groups in total. The summed E-state index contributed by atoms with van der Waals surface area (Å²) in [4.78, 5) is 51.2. The van der Waals surface area contributed by atoms with Gasteiger partial charge in [-0.15, -0.1) is 0 Å². The molecule has 376 valence electrons.